The summed E-state index contributed by atoms with van der Waals surface area (Å²) in [5, 5.41) is 31.8. The molecule has 0 aromatic heterocycles. The zero-order valence-corrected chi connectivity index (χ0v) is 8.88. The van der Waals surface area contributed by atoms with Crippen LogP contribution in [0.15, 0.2) is 42.5 Å². The molecule has 0 aliphatic heterocycles. The van der Waals surface area contributed by atoms with Gasteiger partial charge in [-0.05, 0) is 41.1 Å². The maximum atomic E-state index is 10.1. The molecule has 0 amide bonds. The molecule has 0 saturated carbocycles. The number of benzene rings is 3. The summed E-state index contributed by atoms with van der Waals surface area (Å²) in [5.41, 5.74) is 0. The third kappa shape index (κ3) is 1.44. The van der Waals surface area contributed by atoms with Gasteiger partial charge in [0.15, 0.2) is 0 Å². The van der Waals surface area contributed by atoms with Gasteiger partial charge >= 0.3 is 0 Å². The summed E-state index contributed by atoms with van der Waals surface area (Å²) < 4.78 is 0. The Hall–Kier alpha value is -2.42. The summed E-state index contributed by atoms with van der Waals surface area (Å²) in [6.07, 6.45) is 0. The maximum Gasteiger partial charge on any atom is 0.131 e. The first kappa shape index (κ1) is 9.78. The predicted octanol–water partition coefficient (Wildman–Crippen LogP) is 3.11. The minimum atomic E-state index is 0.0734. The van der Waals surface area contributed by atoms with E-state index in [9.17, 15) is 15.3 Å². The molecule has 3 N–H and O–H groups in total. The predicted molar refractivity (Wildman–Crippen MR) is 66.4 cm³/mol. The molecule has 0 spiro atoms. The van der Waals surface area contributed by atoms with Crippen molar-refractivity contribution in [2.75, 3.05) is 0 Å². The largest absolute Gasteiger partial charge is 0.508 e. The first-order valence-electron chi connectivity index (χ1n) is 5.22. The summed E-state index contributed by atoms with van der Waals surface area (Å²) in [6.45, 7) is 0. The number of hydrogen-bond acceptors (Lipinski definition) is 3. The molecule has 3 aromatic rings. The molecule has 0 aliphatic rings. The smallest absolute Gasteiger partial charge is 0.131 e. The summed E-state index contributed by atoms with van der Waals surface area (Å²) >= 11 is 0. The van der Waals surface area contributed by atoms with Crippen LogP contribution in [0.3, 0.4) is 0 Å². The average Bonchev–Trinajstić information content (AvgIpc) is 2.32. The van der Waals surface area contributed by atoms with E-state index < -0.39 is 0 Å². The fraction of sp³-hybridized carbons (Fsp3) is 0. The van der Waals surface area contributed by atoms with Crippen molar-refractivity contribution in [3.63, 3.8) is 0 Å². The van der Waals surface area contributed by atoms with Crippen LogP contribution in [0.1, 0.15) is 0 Å². The van der Waals surface area contributed by atoms with Crippen molar-refractivity contribution in [1.29, 1.82) is 0 Å². The first-order chi connectivity index (χ1) is 8.15. The van der Waals surface area contributed by atoms with Crippen LogP contribution in [0, 0.1) is 0 Å². The van der Waals surface area contributed by atoms with Gasteiger partial charge in [-0.3, -0.25) is 0 Å². The molecule has 0 saturated heterocycles. The van der Waals surface area contributed by atoms with Crippen LogP contribution in [-0.4, -0.2) is 15.3 Å². The molecule has 0 bridgehead atoms. The van der Waals surface area contributed by atoms with Crippen LogP contribution in [0.25, 0.3) is 21.5 Å². The Morgan fingerprint density at radius 1 is 0.588 bits per heavy atom. The quantitative estimate of drug-likeness (QED) is 0.516. The molecule has 17 heavy (non-hydrogen) atoms. The molecule has 84 valence electrons. The van der Waals surface area contributed by atoms with Crippen molar-refractivity contribution >= 4 is 21.5 Å². The van der Waals surface area contributed by atoms with Crippen molar-refractivity contribution in [2.24, 2.45) is 0 Å². The lowest BCUT2D eigenvalue weighted by Crippen LogP contribution is -1.79. The van der Waals surface area contributed by atoms with E-state index in [1.54, 1.807) is 24.3 Å². The van der Waals surface area contributed by atoms with E-state index in [2.05, 4.69) is 0 Å². The van der Waals surface area contributed by atoms with Crippen LogP contribution < -0.4 is 0 Å². The third-order valence-electron chi connectivity index (χ3n) is 2.89. The minimum absolute atomic E-state index is 0.0734. The van der Waals surface area contributed by atoms with Gasteiger partial charge in [-0.25, -0.2) is 0 Å². The number of rotatable bonds is 0. The molecular formula is C14H10O3. The Morgan fingerprint density at radius 3 is 1.53 bits per heavy atom. The molecule has 0 atom stereocenters. The van der Waals surface area contributed by atoms with Crippen molar-refractivity contribution in [3.8, 4) is 17.2 Å². The fourth-order valence-corrected chi connectivity index (χ4v) is 2.06. The molecule has 3 aromatic carbocycles. The second kappa shape index (κ2) is 3.28. The summed E-state index contributed by atoms with van der Waals surface area (Å²) in [5.74, 6) is 0.281. The Kier molecular flexibility index (Phi) is 1.89. The lowest BCUT2D eigenvalue weighted by Gasteiger charge is -2.07. The number of phenolic OH excluding ortho intramolecular Hbond substituents is 3. The van der Waals surface area contributed by atoms with E-state index in [0.717, 1.165) is 10.8 Å². The van der Waals surface area contributed by atoms with Crippen LogP contribution in [-0.2, 0) is 0 Å². The molecule has 3 heteroatoms. The molecule has 0 unspecified atom stereocenters. The Labute approximate surface area is 97.2 Å². The van der Waals surface area contributed by atoms with Gasteiger partial charge < -0.3 is 15.3 Å². The molecule has 3 rings (SSSR count). The second-order valence-corrected chi connectivity index (χ2v) is 4.04. The Balaban J connectivity index is 2.53. The lowest BCUT2D eigenvalue weighted by atomic mass is 10.0. The van der Waals surface area contributed by atoms with Crippen LogP contribution >= 0.6 is 0 Å². The highest BCUT2D eigenvalue weighted by atomic mass is 16.3. The van der Waals surface area contributed by atoms with E-state index in [1.807, 2.05) is 6.07 Å². The minimum Gasteiger partial charge on any atom is -0.508 e. The molecular weight excluding hydrogens is 216 g/mol. The van der Waals surface area contributed by atoms with Crippen molar-refractivity contribution in [2.45, 2.75) is 0 Å². The van der Waals surface area contributed by atoms with Gasteiger partial charge in [0.25, 0.3) is 0 Å². The average molecular weight is 226 g/mol. The highest BCUT2D eigenvalue weighted by Crippen LogP contribution is 2.36. The molecule has 0 heterocycles. The van der Waals surface area contributed by atoms with E-state index in [4.69, 9.17) is 0 Å². The van der Waals surface area contributed by atoms with Gasteiger partial charge in [-0.2, -0.15) is 0 Å². The third-order valence-corrected chi connectivity index (χ3v) is 2.89. The van der Waals surface area contributed by atoms with E-state index in [-0.39, 0.29) is 17.2 Å². The van der Waals surface area contributed by atoms with Crippen LogP contribution in [0.5, 0.6) is 17.2 Å². The molecule has 0 radical (unpaired) electrons. The molecule has 0 fully saturated rings. The summed E-state index contributed by atoms with van der Waals surface area (Å²) in [7, 11) is 0. The normalized spacial score (nSPS) is 11.1. The monoisotopic (exact) mass is 226 g/mol. The number of aromatic hydroxyl groups is 3. The van der Waals surface area contributed by atoms with E-state index >= 15 is 0 Å². The van der Waals surface area contributed by atoms with Crippen LogP contribution in [0.2, 0.25) is 0 Å². The zero-order chi connectivity index (χ0) is 12.0. The standard InChI is InChI=1S/C14H10O3/c15-10-3-1-8-5-9-2-4-11(16)7-13(9)14(17)12(8)6-10/h1-7,15-17H. The first-order valence-corrected chi connectivity index (χ1v) is 5.22. The van der Waals surface area contributed by atoms with Gasteiger partial charge in [0, 0.05) is 10.8 Å². The highest BCUT2D eigenvalue weighted by molar-refractivity contribution is 6.05. The topological polar surface area (TPSA) is 60.7 Å². The van der Waals surface area contributed by atoms with Gasteiger partial charge in [0.2, 0.25) is 0 Å². The Bertz CT molecular complexity index is 672. The summed E-state index contributed by atoms with van der Waals surface area (Å²) in [6, 6.07) is 11.6. The lowest BCUT2D eigenvalue weighted by molar-refractivity contribution is 0.471. The van der Waals surface area contributed by atoms with Crippen molar-refractivity contribution in [1.82, 2.24) is 0 Å². The number of fused-ring (bicyclic) bond motifs is 2. The van der Waals surface area contributed by atoms with Gasteiger partial charge in [-0.15, -0.1) is 0 Å². The van der Waals surface area contributed by atoms with Crippen molar-refractivity contribution < 1.29 is 15.3 Å². The summed E-state index contributed by atoms with van der Waals surface area (Å²) in [4.78, 5) is 0. The van der Waals surface area contributed by atoms with E-state index in [1.165, 1.54) is 12.1 Å². The SMILES string of the molecule is Oc1ccc2cc3ccc(O)cc3c(O)c2c1. The zero-order valence-electron chi connectivity index (χ0n) is 8.88. The van der Waals surface area contributed by atoms with E-state index in [0.29, 0.717) is 10.8 Å². The van der Waals surface area contributed by atoms with Crippen LogP contribution in [0.4, 0.5) is 0 Å². The molecule has 0 aliphatic carbocycles. The maximum absolute atomic E-state index is 10.1. The number of hydrogen-bond donors (Lipinski definition) is 3. The Morgan fingerprint density at radius 2 is 1.06 bits per heavy atom. The van der Waals surface area contributed by atoms with Gasteiger partial charge in [0.1, 0.15) is 17.2 Å². The number of phenols is 3. The van der Waals surface area contributed by atoms with Gasteiger partial charge in [-0.1, -0.05) is 12.1 Å². The van der Waals surface area contributed by atoms with Gasteiger partial charge in [0.05, 0.1) is 0 Å². The fourth-order valence-electron chi connectivity index (χ4n) is 2.06. The molecule has 3 nitrogen and oxygen atoms in total. The van der Waals surface area contributed by atoms with Crippen molar-refractivity contribution in [3.05, 3.63) is 42.5 Å². The second-order valence-electron chi connectivity index (χ2n) is 4.04. The highest BCUT2D eigenvalue weighted by Gasteiger charge is 2.07.